The summed E-state index contributed by atoms with van der Waals surface area (Å²) in [6.07, 6.45) is 0. The first-order valence-corrected chi connectivity index (χ1v) is 6.63. The third-order valence-electron chi connectivity index (χ3n) is 2.45. The summed E-state index contributed by atoms with van der Waals surface area (Å²) in [7, 11) is 0. The Morgan fingerprint density at radius 3 is 2.26 bits per heavy atom. The molecule has 2 rings (SSSR count). The maximum Gasteiger partial charge on any atom is 0.197 e. The van der Waals surface area contributed by atoms with Crippen LogP contribution in [0.25, 0.3) is 0 Å². The Morgan fingerprint density at radius 2 is 1.58 bits per heavy atom. The first-order chi connectivity index (χ1) is 8.91. The minimum atomic E-state index is -1.66. The molecule has 0 aromatic heterocycles. The molecule has 1 nitrogen and oxygen atoms in total. The van der Waals surface area contributed by atoms with Gasteiger partial charge in [0.15, 0.2) is 23.2 Å². The Kier molecular flexibility index (Phi) is 4.10. The molecular weight excluding hydrogens is 389 g/mol. The highest BCUT2D eigenvalue weighted by molar-refractivity contribution is 9.11. The number of carbonyl (C=O) groups excluding carboxylic acids is 1. The van der Waals surface area contributed by atoms with Gasteiger partial charge < -0.3 is 0 Å². The molecule has 0 amide bonds. The SMILES string of the molecule is O=C(c1cc(Br)ccc1Br)c1ccc(F)c(F)c1F. The Balaban J connectivity index is 2.56. The third-order valence-corrected chi connectivity index (χ3v) is 3.64. The number of halogens is 5. The molecule has 0 unspecified atom stereocenters. The van der Waals surface area contributed by atoms with E-state index in [0.29, 0.717) is 8.95 Å². The van der Waals surface area contributed by atoms with Crippen LogP contribution in [0.1, 0.15) is 15.9 Å². The molecule has 6 heteroatoms. The molecule has 0 aliphatic carbocycles. The quantitative estimate of drug-likeness (QED) is 0.526. The van der Waals surface area contributed by atoms with Gasteiger partial charge in [-0.2, -0.15) is 0 Å². The minimum absolute atomic E-state index is 0.152. The molecule has 0 heterocycles. The van der Waals surface area contributed by atoms with Gasteiger partial charge in [0.1, 0.15) is 0 Å². The van der Waals surface area contributed by atoms with Crippen LogP contribution < -0.4 is 0 Å². The molecular formula is C13H5Br2F3O. The van der Waals surface area contributed by atoms with Crippen molar-refractivity contribution in [1.82, 2.24) is 0 Å². The average molecular weight is 394 g/mol. The summed E-state index contributed by atoms with van der Waals surface area (Å²) in [4.78, 5) is 12.1. The normalized spacial score (nSPS) is 10.6. The zero-order valence-corrected chi connectivity index (χ0v) is 12.4. The van der Waals surface area contributed by atoms with Crippen molar-refractivity contribution in [3.05, 3.63) is 67.9 Å². The van der Waals surface area contributed by atoms with Gasteiger partial charge in [-0.05, 0) is 30.3 Å². The lowest BCUT2D eigenvalue weighted by Gasteiger charge is -2.06. The standard InChI is InChI=1S/C13H5Br2F3O/c14-6-1-3-9(15)8(5-6)13(19)7-2-4-10(16)12(18)11(7)17/h1-5H. The molecule has 0 N–H and O–H groups in total. The van der Waals surface area contributed by atoms with E-state index in [1.807, 2.05) is 0 Å². The number of hydrogen-bond acceptors (Lipinski definition) is 1. The van der Waals surface area contributed by atoms with Crippen molar-refractivity contribution < 1.29 is 18.0 Å². The zero-order valence-electron chi connectivity index (χ0n) is 9.18. The van der Waals surface area contributed by atoms with Crippen LogP contribution in [0.3, 0.4) is 0 Å². The van der Waals surface area contributed by atoms with Crippen molar-refractivity contribution in [3.63, 3.8) is 0 Å². The van der Waals surface area contributed by atoms with Gasteiger partial charge in [0.2, 0.25) is 0 Å². The van der Waals surface area contributed by atoms with Crippen LogP contribution in [0.15, 0.2) is 39.3 Å². The van der Waals surface area contributed by atoms with Crippen LogP contribution in [-0.2, 0) is 0 Å². The molecule has 2 aromatic carbocycles. The molecule has 0 fully saturated rings. The van der Waals surface area contributed by atoms with E-state index in [1.54, 1.807) is 12.1 Å². The van der Waals surface area contributed by atoms with Crippen molar-refractivity contribution in [2.45, 2.75) is 0 Å². The van der Waals surface area contributed by atoms with Crippen molar-refractivity contribution in [2.75, 3.05) is 0 Å². The van der Waals surface area contributed by atoms with Gasteiger partial charge in [-0.25, -0.2) is 13.2 Å². The largest absolute Gasteiger partial charge is 0.288 e. The lowest BCUT2D eigenvalue weighted by Crippen LogP contribution is -2.08. The van der Waals surface area contributed by atoms with Crippen molar-refractivity contribution in [2.24, 2.45) is 0 Å². The van der Waals surface area contributed by atoms with Crippen LogP contribution >= 0.6 is 31.9 Å². The fourth-order valence-electron chi connectivity index (χ4n) is 1.52. The van der Waals surface area contributed by atoms with Gasteiger partial charge in [0.25, 0.3) is 0 Å². The fraction of sp³-hybridized carbons (Fsp3) is 0. The van der Waals surface area contributed by atoms with Gasteiger partial charge in [0.05, 0.1) is 5.56 Å². The summed E-state index contributed by atoms with van der Waals surface area (Å²) in [6, 6.07) is 6.38. The summed E-state index contributed by atoms with van der Waals surface area (Å²) >= 11 is 6.33. The molecule has 2 aromatic rings. The van der Waals surface area contributed by atoms with E-state index in [2.05, 4.69) is 31.9 Å². The highest BCUT2D eigenvalue weighted by atomic mass is 79.9. The molecule has 98 valence electrons. The number of ketones is 1. The Morgan fingerprint density at radius 1 is 0.895 bits per heavy atom. The van der Waals surface area contributed by atoms with E-state index in [4.69, 9.17) is 0 Å². The second kappa shape index (κ2) is 5.46. The predicted octanol–water partition coefficient (Wildman–Crippen LogP) is 4.86. The maximum absolute atomic E-state index is 13.6. The summed E-state index contributed by atoms with van der Waals surface area (Å²) in [5.74, 6) is -5.21. The lowest BCUT2D eigenvalue weighted by molar-refractivity contribution is 0.103. The van der Waals surface area contributed by atoms with E-state index in [0.717, 1.165) is 12.1 Å². The second-order valence-electron chi connectivity index (χ2n) is 3.68. The maximum atomic E-state index is 13.6. The topological polar surface area (TPSA) is 17.1 Å². The molecule has 0 aliphatic rings. The van der Waals surface area contributed by atoms with E-state index in [-0.39, 0.29) is 5.56 Å². The van der Waals surface area contributed by atoms with Crippen molar-refractivity contribution >= 4 is 37.6 Å². The van der Waals surface area contributed by atoms with Crippen molar-refractivity contribution in [3.8, 4) is 0 Å². The number of hydrogen-bond donors (Lipinski definition) is 0. The number of rotatable bonds is 2. The van der Waals surface area contributed by atoms with Crippen LogP contribution in [0, 0.1) is 17.5 Å². The second-order valence-corrected chi connectivity index (χ2v) is 5.45. The first-order valence-electron chi connectivity index (χ1n) is 5.05. The molecule has 0 saturated heterocycles. The van der Waals surface area contributed by atoms with Crippen molar-refractivity contribution in [1.29, 1.82) is 0 Å². The fourth-order valence-corrected chi connectivity index (χ4v) is 2.31. The molecule has 0 aliphatic heterocycles. The van der Waals surface area contributed by atoms with Crippen LogP contribution in [0.4, 0.5) is 13.2 Å². The third kappa shape index (κ3) is 2.74. The van der Waals surface area contributed by atoms with E-state index in [9.17, 15) is 18.0 Å². The molecule has 0 spiro atoms. The van der Waals surface area contributed by atoms with Crippen LogP contribution in [0.2, 0.25) is 0 Å². The Labute approximate surface area is 123 Å². The summed E-state index contributed by atoms with van der Waals surface area (Å²) in [5, 5.41) is 0. The van der Waals surface area contributed by atoms with E-state index >= 15 is 0 Å². The molecule has 0 radical (unpaired) electrons. The molecule has 0 bridgehead atoms. The lowest BCUT2D eigenvalue weighted by atomic mass is 10.0. The molecule has 0 saturated carbocycles. The van der Waals surface area contributed by atoms with E-state index < -0.39 is 28.8 Å². The average Bonchev–Trinajstić information content (AvgIpc) is 2.38. The Bertz CT molecular complexity index is 671. The van der Waals surface area contributed by atoms with Gasteiger partial charge in [-0.1, -0.05) is 31.9 Å². The van der Waals surface area contributed by atoms with E-state index in [1.165, 1.54) is 6.07 Å². The molecule has 19 heavy (non-hydrogen) atoms. The first kappa shape index (κ1) is 14.3. The monoisotopic (exact) mass is 392 g/mol. The van der Waals surface area contributed by atoms with Gasteiger partial charge >= 0.3 is 0 Å². The summed E-state index contributed by atoms with van der Waals surface area (Å²) < 4.78 is 40.6. The predicted molar refractivity (Wildman–Crippen MR) is 71.6 cm³/mol. The number of benzene rings is 2. The minimum Gasteiger partial charge on any atom is -0.288 e. The van der Waals surface area contributed by atoms with Crippen LogP contribution in [-0.4, -0.2) is 5.78 Å². The Hall–Kier alpha value is -1.14. The zero-order chi connectivity index (χ0) is 14.2. The number of carbonyl (C=O) groups is 1. The van der Waals surface area contributed by atoms with Gasteiger partial charge in [0, 0.05) is 14.5 Å². The highest BCUT2D eigenvalue weighted by Gasteiger charge is 2.21. The summed E-state index contributed by atoms with van der Waals surface area (Å²) in [6.45, 7) is 0. The molecule has 0 atom stereocenters. The smallest absolute Gasteiger partial charge is 0.197 e. The van der Waals surface area contributed by atoms with Crippen LogP contribution in [0.5, 0.6) is 0 Å². The summed E-state index contributed by atoms with van der Waals surface area (Å²) in [5.41, 5.74) is -0.364. The highest BCUT2D eigenvalue weighted by Crippen LogP contribution is 2.26. The van der Waals surface area contributed by atoms with Gasteiger partial charge in [-0.3, -0.25) is 4.79 Å². The van der Waals surface area contributed by atoms with Gasteiger partial charge in [-0.15, -0.1) is 0 Å².